The zero-order valence-corrected chi connectivity index (χ0v) is 9.46. The van der Waals surface area contributed by atoms with Crippen LogP contribution in [0.1, 0.15) is 17.3 Å². The van der Waals surface area contributed by atoms with E-state index in [0.717, 1.165) is 0 Å². The van der Waals surface area contributed by atoms with Gasteiger partial charge in [-0.05, 0) is 19.1 Å². The number of carboxylic acid groups (broad SMARTS) is 1. The molecule has 1 amide bonds. The number of nitrogens with one attached hydrogen (secondary N) is 1. The Hall–Kier alpha value is -1.88. The molecule has 3 N–H and O–H groups in total. The predicted octanol–water partition coefficient (Wildman–Crippen LogP) is 0.498. The summed E-state index contributed by atoms with van der Waals surface area (Å²) < 4.78 is 0. The third-order valence-electron chi connectivity index (χ3n) is 2.42. The quantitative estimate of drug-likeness (QED) is 0.696. The highest BCUT2D eigenvalue weighted by Crippen LogP contribution is 2.04. The number of hydrogen-bond donors (Lipinski definition) is 3. The highest BCUT2D eigenvalue weighted by molar-refractivity contribution is 5.94. The predicted molar refractivity (Wildman–Crippen MR) is 61.6 cm³/mol. The molecule has 92 valence electrons. The van der Waals surface area contributed by atoms with Crippen molar-refractivity contribution in [3.8, 4) is 0 Å². The van der Waals surface area contributed by atoms with Gasteiger partial charge >= 0.3 is 5.97 Å². The van der Waals surface area contributed by atoms with Gasteiger partial charge < -0.3 is 15.5 Å². The molecular formula is C12H15NO4. The number of aliphatic carboxylic acids is 1. The lowest BCUT2D eigenvalue weighted by atomic mass is 10.0. The van der Waals surface area contributed by atoms with Crippen LogP contribution in [0.5, 0.6) is 0 Å². The molecule has 0 fully saturated rings. The number of aliphatic hydroxyl groups is 1. The summed E-state index contributed by atoms with van der Waals surface area (Å²) in [6.45, 7) is 1.29. The maximum atomic E-state index is 11.6. The Morgan fingerprint density at radius 1 is 1.29 bits per heavy atom. The van der Waals surface area contributed by atoms with E-state index < -0.39 is 18.0 Å². The van der Waals surface area contributed by atoms with Crippen molar-refractivity contribution in [2.45, 2.75) is 13.0 Å². The van der Waals surface area contributed by atoms with Crippen LogP contribution in [-0.4, -0.2) is 34.7 Å². The normalized spacial score (nSPS) is 13.8. The SMILES string of the molecule is C[C@H](O)[C@@H](CNC(=O)c1ccccc1)C(=O)O. The van der Waals surface area contributed by atoms with Crippen molar-refractivity contribution in [1.82, 2.24) is 5.32 Å². The van der Waals surface area contributed by atoms with Crippen LogP contribution in [0.4, 0.5) is 0 Å². The van der Waals surface area contributed by atoms with Gasteiger partial charge in [-0.15, -0.1) is 0 Å². The average Bonchev–Trinajstić information content (AvgIpc) is 2.29. The molecule has 17 heavy (non-hydrogen) atoms. The molecule has 0 aromatic heterocycles. The van der Waals surface area contributed by atoms with Crippen molar-refractivity contribution >= 4 is 11.9 Å². The molecule has 0 spiro atoms. The van der Waals surface area contributed by atoms with Crippen molar-refractivity contribution in [3.05, 3.63) is 35.9 Å². The fraction of sp³-hybridized carbons (Fsp3) is 0.333. The van der Waals surface area contributed by atoms with Crippen molar-refractivity contribution in [3.63, 3.8) is 0 Å². The van der Waals surface area contributed by atoms with E-state index >= 15 is 0 Å². The number of aliphatic hydroxyl groups excluding tert-OH is 1. The lowest BCUT2D eigenvalue weighted by Gasteiger charge is -2.15. The number of carbonyl (C=O) groups is 2. The molecule has 1 rings (SSSR count). The van der Waals surface area contributed by atoms with E-state index in [0.29, 0.717) is 5.56 Å². The lowest BCUT2D eigenvalue weighted by molar-refractivity contribution is -0.144. The van der Waals surface area contributed by atoms with Crippen LogP contribution in [-0.2, 0) is 4.79 Å². The molecule has 0 radical (unpaired) electrons. The Morgan fingerprint density at radius 3 is 2.35 bits per heavy atom. The molecule has 0 aliphatic rings. The summed E-state index contributed by atoms with van der Waals surface area (Å²) in [5.41, 5.74) is 0.460. The lowest BCUT2D eigenvalue weighted by Crippen LogP contribution is -2.38. The molecule has 1 aromatic carbocycles. The van der Waals surface area contributed by atoms with Gasteiger partial charge in [0.1, 0.15) is 0 Å². The van der Waals surface area contributed by atoms with Gasteiger partial charge in [-0.2, -0.15) is 0 Å². The molecule has 0 bridgehead atoms. The Kier molecular flexibility index (Phi) is 4.66. The van der Waals surface area contributed by atoms with E-state index in [2.05, 4.69) is 5.32 Å². The van der Waals surface area contributed by atoms with Gasteiger partial charge in [-0.3, -0.25) is 9.59 Å². The van der Waals surface area contributed by atoms with Crippen LogP contribution in [0, 0.1) is 5.92 Å². The number of amides is 1. The highest BCUT2D eigenvalue weighted by atomic mass is 16.4. The van der Waals surface area contributed by atoms with Crippen LogP contribution in [0.15, 0.2) is 30.3 Å². The second-order valence-electron chi connectivity index (χ2n) is 3.76. The summed E-state index contributed by atoms with van der Waals surface area (Å²) >= 11 is 0. The van der Waals surface area contributed by atoms with Crippen molar-refractivity contribution in [1.29, 1.82) is 0 Å². The summed E-state index contributed by atoms with van der Waals surface area (Å²) in [6.07, 6.45) is -1.01. The van der Waals surface area contributed by atoms with Crippen LogP contribution in [0.25, 0.3) is 0 Å². The minimum atomic E-state index is -1.13. The molecule has 0 heterocycles. The molecule has 0 aliphatic heterocycles. The van der Waals surface area contributed by atoms with Crippen LogP contribution in [0.2, 0.25) is 0 Å². The van der Waals surface area contributed by atoms with E-state index in [1.54, 1.807) is 30.3 Å². The van der Waals surface area contributed by atoms with Gasteiger partial charge in [-0.1, -0.05) is 18.2 Å². The fourth-order valence-electron chi connectivity index (χ4n) is 1.36. The Morgan fingerprint density at radius 2 is 1.88 bits per heavy atom. The van der Waals surface area contributed by atoms with Gasteiger partial charge in [0.15, 0.2) is 0 Å². The summed E-state index contributed by atoms with van der Waals surface area (Å²) in [5.74, 6) is -2.48. The maximum absolute atomic E-state index is 11.6. The van der Waals surface area contributed by atoms with Crippen molar-refractivity contribution < 1.29 is 19.8 Å². The zero-order valence-electron chi connectivity index (χ0n) is 9.46. The minimum absolute atomic E-state index is 0.0965. The minimum Gasteiger partial charge on any atom is -0.481 e. The molecule has 5 nitrogen and oxygen atoms in total. The molecule has 2 atom stereocenters. The summed E-state index contributed by atoms with van der Waals surface area (Å²) in [7, 11) is 0. The maximum Gasteiger partial charge on any atom is 0.310 e. The van der Waals surface area contributed by atoms with Crippen molar-refractivity contribution in [2.75, 3.05) is 6.54 Å². The van der Waals surface area contributed by atoms with Crippen molar-refractivity contribution in [2.24, 2.45) is 5.92 Å². The first-order valence-corrected chi connectivity index (χ1v) is 5.26. The van der Waals surface area contributed by atoms with Crippen LogP contribution < -0.4 is 5.32 Å². The first-order chi connectivity index (χ1) is 8.02. The number of carbonyl (C=O) groups excluding carboxylic acids is 1. The first kappa shape index (κ1) is 13.2. The molecular weight excluding hydrogens is 222 g/mol. The molecule has 1 aromatic rings. The zero-order chi connectivity index (χ0) is 12.8. The van der Waals surface area contributed by atoms with Crippen LogP contribution >= 0.6 is 0 Å². The number of benzene rings is 1. The number of carboxylic acids is 1. The van der Waals surface area contributed by atoms with Gasteiger partial charge in [0.25, 0.3) is 5.91 Å². The van der Waals surface area contributed by atoms with Gasteiger partial charge in [0, 0.05) is 12.1 Å². The monoisotopic (exact) mass is 237 g/mol. The van der Waals surface area contributed by atoms with Crippen LogP contribution in [0.3, 0.4) is 0 Å². The van der Waals surface area contributed by atoms with E-state index in [4.69, 9.17) is 5.11 Å². The van der Waals surface area contributed by atoms with E-state index in [1.807, 2.05) is 0 Å². The van der Waals surface area contributed by atoms with Gasteiger partial charge in [-0.25, -0.2) is 0 Å². The smallest absolute Gasteiger partial charge is 0.310 e. The van der Waals surface area contributed by atoms with E-state index in [-0.39, 0.29) is 12.5 Å². The summed E-state index contributed by atoms with van der Waals surface area (Å²) in [6, 6.07) is 8.49. The van der Waals surface area contributed by atoms with E-state index in [9.17, 15) is 14.7 Å². The molecule has 0 saturated heterocycles. The summed E-state index contributed by atoms with van der Waals surface area (Å²) in [5, 5.41) is 20.5. The molecule has 0 aliphatic carbocycles. The van der Waals surface area contributed by atoms with E-state index in [1.165, 1.54) is 6.92 Å². The first-order valence-electron chi connectivity index (χ1n) is 5.26. The molecule has 0 saturated carbocycles. The number of hydrogen-bond acceptors (Lipinski definition) is 3. The molecule has 5 heteroatoms. The Labute approximate surface area is 99.1 Å². The topological polar surface area (TPSA) is 86.6 Å². The third kappa shape index (κ3) is 3.88. The fourth-order valence-corrected chi connectivity index (χ4v) is 1.36. The second-order valence-corrected chi connectivity index (χ2v) is 3.76. The highest BCUT2D eigenvalue weighted by Gasteiger charge is 2.23. The van der Waals surface area contributed by atoms with Gasteiger partial charge in [0.2, 0.25) is 0 Å². The largest absolute Gasteiger partial charge is 0.481 e. The Balaban J connectivity index is 2.56. The standard InChI is InChI=1S/C12H15NO4/c1-8(14)10(12(16)17)7-13-11(15)9-5-3-2-4-6-9/h2-6,8,10,14H,7H2,1H3,(H,13,15)(H,16,17)/t8-,10+/m0/s1. The summed E-state index contributed by atoms with van der Waals surface area (Å²) in [4.78, 5) is 22.4. The third-order valence-corrected chi connectivity index (χ3v) is 2.42. The second kappa shape index (κ2) is 6.00. The number of rotatable bonds is 5. The molecule has 0 unspecified atom stereocenters. The van der Waals surface area contributed by atoms with Gasteiger partial charge in [0.05, 0.1) is 12.0 Å². The Bertz CT molecular complexity index is 389. The average molecular weight is 237 g/mol.